The maximum atomic E-state index is 13.4. The van der Waals surface area contributed by atoms with Gasteiger partial charge in [0.05, 0.1) is 11.4 Å². The molecule has 3 nitrogen and oxygen atoms in total. The molecule has 0 amide bonds. The van der Waals surface area contributed by atoms with Crippen molar-refractivity contribution in [2.45, 2.75) is 25.9 Å². The van der Waals surface area contributed by atoms with Gasteiger partial charge in [-0.1, -0.05) is 6.42 Å². The van der Waals surface area contributed by atoms with Gasteiger partial charge in [0.1, 0.15) is 0 Å². The number of hydrogen-bond acceptors (Lipinski definition) is 4. The molecule has 1 rings (SSSR count). The van der Waals surface area contributed by atoms with Crippen molar-refractivity contribution in [1.29, 1.82) is 0 Å². The van der Waals surface area contributed by atoms with Crippen molar-refractivity contribution in [2.24, 2.45) is 0 Å². The van der Waals surface area contributed by atoms with Crippen LogP contribution in [0, 0.1) is 5.82 Å². The number of hydrogen-bond donors (Lipinski definition) is 2. The van der Waals surface area contributed by atoms with Gasteiger partial charge in [-0.25, -0.2) is 4.39 Å². The van der Waals surface area contributed by atoms with E-state index in [1.54, 1.807) is 11.8 Å². The molecule has 0 aliphatic carbocycles. The minimum absolute atomic E-state index is 0.174. The van der Waals surface area contributed by atoms with Gasteiger partial charge in [0.2, 0.25) is 0 Å². The summed E-state index contributed by atoms with van der Waals surface area (Å²) >= 11 is 1.80. The molecular weight excluding hydrogens is 289 g/mol. The average molecular weight is 308 g/mol. The monoisotopic (exact) mass is 308 g/mol. The van der Waals surface area contributed by atoms with E-state index in [9.17, 15) is 13.2 Å². The molecule has 0 saturated heterocycles. The summed E-state index contributed by atoms with van der Waals surface area (Å²) in [4.78, 5) is 0. The molecule has 0 aliphatic rings. The number of rotatable bonds is 9. The second-order valence-corrected chi connectivity index (χ2v) is 5.21. The van der Waals surface area contributed by atoms with Crippen molar-refractivity contribution in [3.63, 3.8) is 0 Å². The fraction of sp³-hybridized carbons (Fsp3) is 0.538. The first-order valence-electron chi connectivity index (χ1n) is 6.31. The van der Waals surface area contributed by atoms with E-state index in [2.05, 4.69) is 16.3 Å². The average Bonchev–Trinajstić information content (AvgIpc) is 2.38. The van der Waals surface area contributed by atoms with Crippen molar-refractivity contribution < 1.29 is 17.9 Å². The molecule has 1 aromatic rings. The summed E-state index contributed by atoms with van der Waals surface area (Å²) in [7, 11) is 0. The van der Waals surface area contributed by atoms with E-state index in [1.165, 1.54) is 6.07 Å². The summed E-state index contributed by atoms with van der Waals surface area (Å²) < 4.78 is 41.7. The van der Waals surface area contributed by atoms with Gasteiger partial charge in [0.25, 0.3) is 0 Å². The maximum Gasteiger partial charge on any atom is 0.387 e. The van der Waals surface area contributed by atoms with Gasteiger partial charge in [0.15, 0.2) is 11.6 Å². The number of halogens is 3. The van der Waals surface area contributed by atoms with Crippen molar-refractivity contribution in [2.75, 3.05) is 29.6 Å². The summed E-state index contributed by atoms with van der Waals surface area (Å²) in [5.74, 6) is -0.280. The Bertz CT molecular complexity index is 419. The van der Waals surface area contributed by atoms with Crippen molar-refractivity contribution in [1.82, 2.24) is 0 Å². The molecule has 0 atom stereocenters. The highest BCUT2D eigenvalue weighted by atomic mass is 32.2. The first-order chi connectivity index (χ1) is 9.54. The number of anilines is 2. The Balaban J connectivity index is 2.52. The Morgan fingerprint density at radius 2 is 2.05 bits per heavy atom. The molecule has 1 aromatic carbocycles. The quantitative estimate of drug-likeness (QED) is 0.535. The largest absolute Gasteiger partial charge is 0.432 e. The van der Waals surface area contributed by atoms with E-state index in [1.807, 2.05) is 0 Å². The first kappa shape index (κ1) is 16.8. The highest BCUT2D eigenvalue weighted by molar-refractivity contribution is 7.98. The standard InChI is InChI=1S/C13H19F3N2OS/c1-20-6-4-2-3-5-18-11-8-12(19-13(15)16)9(14)7-10(11)17/h7-8,13,18H,2-6,17H2,1H3. The summed E-state index contributed by atoms with van der Waals surface area (Å²) in [6.07, 6.45) is 5.18. The molecule has 0 aromatic heterocycles. The van der Waals surface area contributed by atoms with Crippen LogP contribution in [0.15, 0.2) is 12.1 Å². The number of thioether (sulfide) groups is 1. The number of benzene rings is 1. The Hall–Kier alpha value is -1.24. The van der Waals surface area contributed by atoms with Gasteiger partial charge >= 0.3 is 6.61 Å². The van der Waals surface area contributed by atoms with Crippen LogP contribution in [0.5, 0.6) is 5.75 Å². The highest BCUT2D eigenvalue weighted by Gasteiger charge is 2.13. The van der Waals surface area contributed by atoms with E-state index in [-0.39, 0.29) is 5.69 Å². The topological polar surface area (TPSA) is 47.3 Å². The predicted molar refractivity (Wildman–Crippen MR) is 78.2 cm³/mol. The minimum atomic E-state index is -3.06. The van der Waals surface area contributed by atoms with Gasteiger partial charge in [-0.15, -0.1) is 0 Å². The second kappa shape index (κ2) is 8.84. The molecule has 0 unspecified atom stereocenters. The first-order valence-corrected chi connectivity index (χ1v) is 7.70. The lowest BCUT2D eigenvalue weighted by Crippen LogP contribution is -2.08. The summed E-state index contributed by atoms with van der Waals surface area (Å²) in [5, 5.41) is 3.01. The molecule has 0 saturated carbocycles. The predicted octanol–water partition coefficient (Wildman–Crippen LogP) is 3.95. The third-order valence-corrected chi connectivity index (χ3v) is 3.36. The summed E-state index contributed by atoms with van der Waals surface area (Å²) in [5.41, 5.74) is 6.22. The van der Waals surface area contributed by atoms with E-state index in [0.717, 1.165) is 31.1 Å². The lowest BCUT2D eigenvalue weighted by Gasteiger charge is -2.12. The molecule has 0 spiro atoms. The fourth-order valence-corrected chi connectivity index (χ4v) is 2.17. The third kappa shape index (κ3) is 5.81. The van der Waals surface area contributed by atoms with Crippen LogP contribution in [-0.4, -0.2) is 25.2 Å². The van der Waals surface area contributed by atoms with Crippen molar-refractivity contribution >= 4 is 23.1 Å². The van der Waals surface area contributed by atoms with Crippen LogP contribution in [-0.2, 0) is 0 Å². The van der Waals surface area contributed by atoms with Gasteiger partial charge in [-0.2, -0.15) is 20.5 Å². The Kier molecular flexibility index (Phi) is 7.43. The zero-order chi connectivity index (χ0) is 15.0. The molecule has 0 radical (unpaired) electrons. The van der Waals surface area contributed by atoms with Gasteiger partial charge in [0, 0.05) is 18.7 Å². The Morgan fingerprint density at radius 3 is 2.70 bits per heavy atom. The second-order valence-electron chi connectivity index (χ2n) is 4.23. The molecule has 0 fully saturated rings. The lowest BCUT2D eigenvalue weighted by molar-refractivity contribution is -0.0521. The number of unbranched alkanes of at least 4 members (excludes halogenated alkanes) is 2. The number of nitrogens with one attached hydrogen (secondary N) is 1. The van der Waals surface area contributed by atoms with E-state index >= 15 is 0 Å². The van der Waals surface area contributed by atoms with E-state index < -0.39 is 18.2 Å². The SMILES string of the molecule is CSCCCCCNc1cc(OC(F)F)c(F)cc1N. The molecule has 0 heterocycles. The normalized spacial score (nSPS) is 10.8. The fourth-order valence-electron chi connectivity index (χ4n) is 1.68. The number of alkyl halides is 2. The van der Waals surface area contributed by atoms with Crippen LogP contribution in [0.25, 0.3) is 0 Å². The van der Waals surface area contributed by atoms with Crippen LogP contribution >= 0.6 is 11.8 Å². The highest BCUT2D eigenvalue weighted by Crippen LogP contribution is 2.29. The van der Waals surface area contributed by atoms with Crippen LogP contribution < -0.4 is 15.8 Å². The zero-order valence-electron chi connectivity index (χ0n) is 11.3. The van der Waals surface area contributed by atoms with Crippen LogP contribution in [0.3, 0.4) is 0 Å². The van der Waals surface area contributed by atoms with E-state index in [4.69, 9.17) is 5.73 Å². The maximum absolute atomic E-state index is 13.4. The van der Waals surface area contributed by atoms with Gasteiger partial charge in [-0.3, -0.25) is 0 Å². The Morgan fingerprint density at radius 1 is 1.30 bits per heavy atom. The summed E-state index contributed by atoms with van der Waals surface area (Å²) in [6.45, 7) is -2.41. The minimum Gasteiger partial charge on any atom is -0.432 e. The molecule has 114 valence electrons. The number of nitrogens with two attached hydrogens (primary N) is 1. The van der Waals surface area contributed by atoms with Crippen molar-refractivity contribution in [3.8, 4) is 5.75 Å². The Labute approximate surface area is 121 Å². The molecule has 3 N–H and O–H groups in total. The van der Waals surface area contributed by atoms with Crippen LogP contribution in [0.4, 0.5) is 24.5 Å². The zero-order valence-corrected chi connectivity index (χ0v) is 12.1. The van der Waals surface area contributed by atoms with Crippen LogP contribution in [0.2, 0.25) is 0 Å². The van der Waals surface area contributed by atoms with Gasteiger partial charge < -0.3 is 15.8 Å². The molecule has 7 heteroatoms. The number of ether oxygens (including phenoxy) is 1. The lowest BCUT2D eigenvalue weighted by atomic mass is 10.2. The molecular formula is C13H19F3N2OS. The summed E-state index contributed by atoms with van der Waals surface area (Å²) in [6, 6.07) is 2.15. The van der Waals surface area contributed by atoms with E-state index in [0.29, 0.717) is 12.2 Å². The molecule has 0 bridgehead atoms. The smallest absolute Gasteiger partial charge is 0.387 e. The number of nitrogen functional groups attached to an aromatic ring is 1. The van der Waals surface area contributed by atoms with Gasteiger partial charge in [-0.05, 0) is 24.9 Å². The molecule has 0 aliphatic heterocycles. The van der Waals surface area contributed by atoms with Crippen molar-refractivity contribution in [3.05, 3.63) is 17.9 Å². The molecule has 20 heavy (non-hydrogen) atoms. The third-order valence-electron chi connectivity index (χ3n) is 2.66. The van der Waals surface area contributed by atoms with Crippen LogP contribution in [0.1, 0.15) is 19.3 Å².